The number of aromatic nitrogens is 12. The van der Waals surface area contributed by atoms with Gasteiger partial charge in [0.2, 0.25) is 23.6 Å². The maximum absolute atomic E-state index is 13.4. The van der Waals surface area contributed by atoms with Crippen LogP contribution in [0.4, 0.5) is 32.3 Å². The van der Waals surface area contributed by atoms with E-state index in [1.807, 2.05) is 132 Å². The Hall–Kier alpha value is -16.6. The number of hydrogen-bond acceptors (Lipinski definition) is 22. The van der Waals surface area contributed by atoms with Crippen LogP contribution in [-0.2, 0) is 106 Å². The summed E-state index contributed by atoms with van der Waals surface area (Å²) in [6, 6.07) is 64.0. The van der Waals surface area contributed by atoms with Crippen molar-refractivity contribution in [3.63, 3.8) is 0 Å². The van der Waals surface area contributed by atoms with Crippen LogP contribution in [0.1, 0.15) is 136 Å². The monoisotopic (exact) mass is 1980 g/mol. The third kappa shape index (κ3) is 23.8. The van der Waals surface area contributed by atoms with E-state index in [2.05, 4.69) is 180 Å². The molecule has 1 unspecified atom stereocenters. The van der Waals surface area contributed by atoms with E-state index in [0.29, 0.717) is 86.7 Å². The molecule has 0 spiro atoms. The van der Waals surface area contributed by atoms with Gasteiger partial charge in [-0.3, -0.25) is 48.5 Å². The number of carbonyl (C=O) groups excluding carboxylic acids is 8. The van der Waals surface area contributed by atoms with Crippen LogP contribution in [0.25, 0.3) is 22.3 Å². The summed E-state index contributed by atoms with van der Waals surface area (Å²) in [5, 5.41) is 48.7. The molecule has 8 amide bonds. The number of nitrogens with one attached hydrogen (secondary N) is 4. The fourth-order valence-corrected chi connectivity index (χ4v) is 19.2. The molecule has 8 aliphatic rings. The molecule has 4 atom stereocenters. The zero-order valence-corrected chi connectivity index (χ0v) is 83.1. The maximum atomic E-state index is 13.4. The summed E-state index contributed by atoms with van der Waals surface area (Å²) in [6.45, 7) is 11.4. The van der Waals surface area contributed by atoms with E-state index in [4.69, 9.17) is 9.47 Å². The van der Waals surface area contributed by atoms with E-state index in [-0.39, 0.29) is 61.9 Å². The number of amides is 8. The molecule has 2 fully saturated rings. The van der Waals surface area contributed by atoms with Gasteiger partial charge in [-0.15, -0.1) is 0 Å². The predicted molar refractivity (Wildman–Crippen MR) is 556 cm³/mol. The first-order valence-electron chi connectivity index (χ1n) is 49.6. The SMILES string of the molecule is CN1C(=O)[C@@H](NC(=O)c2cc(-c3ccccc3)ccn2)CCc2ccc(CN3CCn4ncnc4C3)cc21.CN1C(=O)[C@H](NC(=O)c2cc(-c3ccccc3)ccn2)CCc2ccc(CN3CCn4ncnc4C3)cc21.Cc1ccc(Cc2cnn(C(=O)NC3CCc4ccc(C#CC5(O)COC5)cc4N(C)C3=O)c2)cc1.Cc1ccc(Cc2cnn(C(=O)N[C@@H]3CCc4ccc(C#CC5(O)COC5)cc4N(C)C3=O)c2)cc1. The number of carbonyl (C=O) groups is 8. The number of ether oxygens (including phenoxy) is 2. The zero-order chi connectivity index (χ0) is 103. The number of hydrogen-bond donors (Lipinski definition) is 6. The second-order valence-corrected chi connectivity index (χ2v) is 38.7. The second kappa shape index (κ2) is 44.5. The van der Waals surface area contributed by atoms with E-state index in [1.54, 1.807) is 110 Å². The van der Waals surface area contributed by atoms with Crippen molar-refractivity contribution in [2.24, 2.45) is 0 Å². The largest absolute Gasteiger partial charge is 0.373 e. The van der Waals surface area contributed by atoms with Crippen LogP contribution >= 0.6 is 0 Å². The number of anilines is 4. The molecule has 6 aromatic heterocycles. The Morgan fingerprint density at radius 3 is 1.10 bits per heavy atom. The van der Waals surface area contributed by atoms with Gasteiger partial charge >= 0.3 is 12.1 Å². The van der Waals surface area contributed by atoms with Crippen LogP contribution in [-0.4, -0.2) is 230 Å². The smallest absolute Gasteiger partial charge is 0.342 e. The summed E-state index contributed by atoms with van der Waals surface area (Å²) < 4.78 is 16.4. The van der Waals surface area contributed by atoms with Crippen molar-refractivity contribution in [2.45, 2.75) is 153 Å². The minimum Gasteiger partial charge on any atom is -0.373 e. The first kappa shape index (κ1) is 100. The van der Waals surface area contributed by atoms with Gasteiger partial charge in [0.15, 0.2) is 11.2 Å². The van der Waals surface area contributed by atoms with Crippen molar-refractivity contribution in [3.05, 3.63) is 357 Å². The Morgan fingerprint density at radius 2 is 0.736 bits per heavy atom. The fraction of sp³-hybridized carbons (Fsp3) is 0.298. The van der Waals surface area contributed by atoms with Crippen LogP contribution in [0.15, 0.2) is 256 Å². The molecule has 148 heavy (non-hydrogen) atoms. The van der Waals surface area contributed by atoms with Gasteiger partial charge in [-0.05, 0) is 204 Å². The second-order valence-electron chi connectivity index (χ2n) is 38.7. The summed E-state index contributed by atoms with van der Waals surface area (Å²) in [7, 11) is 6.97. The molecule has 2 saturated heterocycles. The van der Waals surface area contributed by atoms with Gasteiger partial charge in [0.1, 0.15) is 59.9 Å². The highest BCUT2D eigenvalue weighted by Crippen LogP contribution is 2.35. The van der Waals surface area contributed by atoms with Crippen LogP contribution in [0.2, 0.25) is 0 Å². The van der Waals surface area contributed by atoms with Gasteiger partial charge in [-0.1, -0.05) is 180 Å². The van der Waals surface area contributed by atoms with E-state index in [9.17, 15) is 48.6 Å². The molecule has 0 radical (unpaired) electrons. The standard InChI is InChI=1S/2C29H29N7O2.2C28H28N4O4/c2*1-34-26-15-20(17-35-13-14-36-27(18-35)31-19-32-36)7-8-22(26)9-10-24(29(34)38)33-28(37)25-16-23(11-12-30-25)21-5-3-2-4-6-21;2*1-19-3-5-20(6-4-19)13-22-15-29-32(16-22)27(34)30-24-10-9-23-8-7-21(11-12-28(35)17-36-18-28)14-25(23)31(2)26(24)33/h2*2-8,11-12,15-16,19,24H,9-10,13-14,17-18H2,1H3,(H,33,37);2*3-8,14-16,24,35H,9-10,13,17-18H2,1-2H3,(H,30,34)/t3*24-;/m101./s1. The number of pyridine rings is 2. The lowest BCUT2D eigenvalue weighted by atomic mass is 10.0. The molecule has 0 aliphatic carbocycles. The maximum Gasteiger partial charge on any atom is 0.342 e. The normalized spacial score (nSPS) is 17.9. The number of rotatable bonds is 16. The van der Waals surface area contributed by atoms with Gasteiger partial charge in [0.25, 0.3) is 11.8 Å². The van der Waals surface area contributed by atoms with E-state index < -0.39 is 47.4 Å². The number of fused-ring (bicyclic) bond motifs is 6. The molecule has 0 bridgehead atoms. The minimum atomic E-state index is -1.10. The van der Waals surface area contributed by atoms with Gasteiger partial charge < -0.3 is 60.6 Å². The van der Waals surface area contributed by atoms with Crippen LogP contribution in [0.5, 0.6) is 0 Å². The highest BCUT2D eigenvalue weighted by atomic mass is 16.5. The van der Waals surface area contributed by atoms with Crippen molar-refractivity contribution in [1.29, 1.82) is 0 Å². The molecule has 14 aromatic rings. The first-order valence-corrected chi connectivity index (χ1v) is 49.6. The molecule has 8 aromatic carbocycles. The Balaban J connectivity index is 0.000000124. The summed E-state index contributed by atoms with van der Waals surface area (Å²) in [5.74, 6) is 12.2. The Labute approximate surface area is 856 Å². The predicted octanol–water partition coefficient (Wildman–Crippen LogP) is 11.0. The fourth-order valence-electron chi connectivity index (χ4n) is 19.2. The van der Waals surface area contributed by atoms with E-state index in [1.165, 1.54) is 20.5 Å². The number of aryl methyl sites for hydroxylation is 6. The third-order valence-corrected chi connectivity index (χ3v) is 27.8. The topological polar surface area (TPSA) is 386 Å². The molecular weight excluding hydrogens is 1870 g/mol. The molecular formula is C114H114N22O12. The average molecular weight is 1980 g/mol. The molecule has 6 N–H and O–H groups in total. The van der Waals surface area contributed by atoms with Gasteiger partial charge in [-0.2, -0.15) is 29.8 Å². The lowest BCUT2D eigenvalue weighted by Crippen LogP contribution is -2.48. The van der Waals surface area contributed by atoms with E-state index in [0.717, 1.165) is 165 Å². The summed E-state index contributed by atoms with van der Waals surface area (Å²) in [6.07, 6.45) is 19.2. The Kier molecular flexibility index (Phi) is 30.1. The summed E-state index contributed by atoms with van der Waals surface area (Å²) in [4.78, 5) is 134. The van der Waals surface area contributed by atoms with E-state index >= 15 is 0 Å². The van der Waals surface area contributed by atoms with Crippen LogP contribution < -0.4 is 40.9 Å². The summed E-state index contributed by atoms with van der Waals surface area (Å²) in [5.41, 5.74) is 19.9. The van der Waals surface area contributed by atoms with Crippen molar-refractivity contribution in [2.75, 3.05) is 87.3 Å². The van der Waals surface area contributed by atoms with Crippen LogP contribution in [0, 0.1) is 37.5 Å². The van der Waals surface area contributed by atoms with Crippen LogP contribution in [0.3, 0.4) is 0 Å². The van der Waals surface area contributed by atoms with Crippen molar-refractivity contribution < 1.29 is 58.0 Å². The highest BCUT2D eigenvalue weighted by molar-refractivity contribution is 6.05. The Morgan fingerprint density at radius 1 is 0.385 bits per heavy atom. The molecule has 8 aliphatic heterocycles. The van der Waals surface area contributed by atoms with Crippen molar-refractivity contribution in [1.82, 2.24) is 90.1 Å². The quantitative estimate of drug-likeness (QED) is 0.0489. The number of nitrogens with zero attached hydrogens (tertiary/aromatic N) is 18. The number of likely N-dealkylation sites (N-methyl/N-ethyl adjacent to an activating group) is 4. The molecule has 0 saturated carbocycles. The average Bonchev–Trinajstić information content (AvgIpc) is 1.64. The molecule has 34 nitrogen and oxygen atoms in total. The van der Waals surface area contributed by atoms with Gasteiger partial charge in [-0.25, -0.2) is 28.9 Å². The van der Waals surface area contributed by atoms with Crippen molar-refractivity contribution in [3.8, 4) is 45.9 Å². The lowest BCUT2D eigenvalue weighted by Gasteiger charge is -2.30. The first-order chi connectivity index (χ1) is 71.7. The Bertz CT molecular complexity index is 7000. The molecule has 752 valence electrons. The zero-order valence-electron chi connectivity index (χ0n) is 83.1. The van der Waals surface area contributed by atoms with Crippen molar-refractivity contribution >= 4 is 70.3 Å². The molecule has 22 rings (SSSR count). The molecule has 14 heterocycles. The van der Waals surface area contributed by atoms with Gasteiger partial charge in [0, 0.05) is 126 Å². The number of aliphatic hydroxyl groups is 2. The van der Waals surface area contributed by atoms with Gasteiger partial charge in [0.05, 0.1) is 65.0 Å². The number of benzene rings is 8. The highest BCUT2D eigenvalue weighted by Gasteiger charge is 2.39. The minimum absolute atomic E-state index is 0.125. The molecule has 34 heteroatoms. The summed E-state index contributed by atoms with van der Waals surface area (Å²) >= 11 is 0. The third-order valence-electron chi connectivity index (χ3n) is 27.8. The lowest BCUT2D eigenvalue weighted by molar-refractivity contribution is -0.140.